The highest BCUT2D eigenvalue weighted by atomic mass is 35.5. The van der Waals surface area contributed by atoms with Crippen LogP contribution in [0.3, 0.4) is 0 Å². The molecule has 1 fully saturated rings. The number of halogens is 2. The number of hydrogen-bond donors (Lipinski definition) is 1. The van der Waals surface area contributed by atoms with E-state index in [-0.39, 0.29) is 30.0 Å². The van der Waals surface area contributed by atoms with Crippen LogP contribution in [0, 0.1) is 17.1 Å². The average molecular weight is 414 g/mol. The van der Waals surface area contributed by atoms with Gasteiger partial charge in [0.2, 0.25) is 0 Å². The number of aliphatic imine (C=N–C) groups is 1. The first-order chi connectivity index (χ1) is 13.4. The van der Waals surface area contributed by atoms with Crippen LogP contribution in [-0.2, 0) is 0 Å². The largest absolute Gasteiger partial charge is 0.383 e. The van der Waals surface area contributed by atoms with Gasteiger partial charge in [0.05, 0.1) is 22.9 Å². The number of nitrogens with zero attached hydrogens (tertiary/aromatic N) is 4. The number of carbonyl (C=O) groups excluding carboxylic acids is 1. The van der Waals surface area contributed by atoms with Crippen molar-refractivity contribution < 1.29 is 9.18 Å². The van der Waals surface area contributed by atoms with Crippen LogP contribution < -0.4 is 10.6 Å². The molecule has 0 saturated carbocycles. The van der Waals surface area contributed by atoms with E-state index in [0.29, 0.717) is 42.6 Å². The summed E-state index contributed by atoms with van der Waals surface area (Å²) < 4.78 is 14.2. The van der Waals surface area contributed by atoms with Gasteiger partial charge in [-0.15, -0.1) is 12.4 Å². The van der Waals surface area contributed by atoms with Crippen LogP contribution in [0.2, 0.25) is 0 Å². The van der Waals surface area contributed by atoms with E-state index in [2.05, 4.69) is 4.99 Å². The van der Waals surface area contributed by atoms with Crippen LogP contribution in [0.15, 0.2) is 47.5 Å². The van der Waals surface area contributed by atoms with Crippen LogP contribution >= 0.6 is 12.4 Å². The standard InChI is InChI=1S/C21H20FN5O.ClH/c1-26-17-4-2-3-16(22)18(17)19(24)25-21(26)9-11-27(12-10-21)20(28)15-7-5-14(13-23)6-8-15;/h2-8H,9-12H2,1H3,(H2,24,25);1H. The number of fused-ring (bicyclic) bond motifs is 1. The molecule has 0 atom stereocenters. The van der Waals surface area contributed by atoms with Gasteiger partial charge < -0.3 is 15.5 Å². The number of benzene rings is 2. The first-order valence-corrected chi connectivity index (χ1v) is 9.13. The molecule has 2 aromatic rings. The molecule has 150 valence electrons. The van der Waals surface area contributed by atoms with Gasteiger partial charge in [-0.1, -0.05) is 6.07 Å². The summed E-state index contributed by atoms with van der Waals surface area (Å²) in [6, 6.07) is 13.6. The summed E-state index contributed by atoms with van der Waals surface area (Å²) in [5, 5.41) is 8.89. The van der Waals surface area contributed by atoms with E-state index in [4.69, 9.17) is 11.0 Å². The molecule has 4 rings (SSSR count). The molecule has 0 unspecified atom stereocenters. The van der Waals surface area contributed by atoms with Crippen molar-refractivity contribution in [3.63, 3.8) is 0 Å². The summed E-state index contributed by atoms with van der Waals surface area (Å²) in [4.78, 5) is 21.2. The number of amidine groups is 1. The van der Waals surface area contributed by atoms with Crippen LogP contribution in [-0.4, -0.2) is 42.4 Å². The topological polar surface area (TPSA) is 85.7 Å². The fourth-order valence-electron chi connectivity index (χ4n) is 4.01. The molecule has 2 aliphatic heterocycles. The van der Waals surface area contributed by atoms with Gasteiger partial charge in [0, 0.05) is 38.5 Å². The van der Waals surface area contributed by atoms with Crippen molar-refractivity contribution >= 4 is 29.8 Å². The molecule has 0 aromatic heterocycles. The van der Waals surface area contributed by atoms with Crippen LogP contribution in [0.4, 0.5) is 10.1 Å². The molecule has 8 heteroatoms. The maximum atomic E-state index is 14.2. The molecule has 0 radical (unpaired) electrons. The highest BCUT2D eigenvalue weighted by molar-refractivity contribution is 6.04. The van der Waals surface area contributed by atoms with Gasteiger partial charge in [0.15, 0.2) is 0 Å². The summed E-state index contributed by atoms with van der Waals surface area (Å²) in [6.07, 6.45) is 1.20. The van der Waals surface area contributed by atoms with Crippen molar-refractivity contribution in [1.82, 2.24) is 4.90 Å². The summed E-state index contributed by atoms with van der Waals surface area (Å²) in [5.41, 5.74) is 7.67. The Morgan fingerprint density at radius 2 is 1.86 bits per heavy atom. The molecule has 29 heavy (non-hydrogen) atoms. The maximum absolute atomic E-state index is 14.2. The van der Waals surface area contributed by atoms with Gasteiger partial charge in [0.25, 0.3) is 5.91 Å². The maximum Gasteiger partial charge on any atom is 0.253 e. The number of carbonyl (C=O) groups is 1. The predicted octanol–water partition coefficient (Wildman–Crippen LogP) is 2.91. The summed E-state index contributed by atoms with van der Waals surface area (Å²) in [7, 11) is 1.90. The SMILES string of the molecule is CN1c2cccc(F)c2C(N)=NC12CCN(C(=O)c1ccc(C#N)cc1)CC2.Cl. The lowest BCUT2D eigenvalue weighted by molar-refractivity contribution is 0.0671. The monoisotopic (exact) mass is 413 g/mol. The Labute approximate surface area is 174 Å². The van der Waals surface area contributed by atoms with Gasteiger partial charge >= 0.3 is 0 Å². The summed E-state index contributed by atoms with van der Waals surface area (Å²) >= 11 is 0. The summed E-state index contributed by atoms with van der Waals surface area (Å²) in [6.45, 7) is 1.04. The van der Waals surface area contributed by atoms with Crippen molar-refractivity contribution in [3.05, 3.63) is 65.0 Å². The molecule has 6 nitrogen and oxygen atoms in total. The van der Waals surface area contributed by atoms with Crippen molar-refractivity contribution in [3.8, 4) is 6.07 Å². The van der Waals surface area contributed by atoms with Crippen LogP contribution in [0.5, 0.6) is 0 Å². The molecule has 2 N–H and O–H groups in total. The molecule has 0 aliphatic carbocycles. The Hall–Kier alpha value is -3.11. The van der Waals surface area contributed by atoms with E-state index >= 15 is 0 Å². The Morgan fingerprint density at radius 1 is 1.21 bits per heavy atom. The van der Waals surface area contributed by atoms with E-state index in [9.17, 15) is 9.18 Å². The molecule has 2 aliphatic rings. The molecular weight excluding hydrogens is 393 g/mol. The van der Waals surface area contributed by atoms with Crippen molar-refractivity contribution in [2.24, 2.45) is 10.7 Å². The Balaban J connectivity index is 0.00000240. The van der Waals surface area contributed by atoms with E-state index < -0.39 is 5.66 Å². The number of likely N-dealkylation sites (tertiary alicyclic amines) is 1. The number of anilines is 1. The minimum absolute atomic E-state index is 0. The first kappa shape index (κ1) is 20.6. The lowest BCUT2D eigenvalue weighted by Crippen LogP contribution is -2.57. The number of nitriles is 1. The van der Waals surface area contributed by atoms with Gasteiger partial charge in [-0.05, 0) is 36.4 Å². The van der Waals surface area contributed by atoms with Crippen LogP contribution in [0.1, 0.15) is 34.3 Å². The average Bonchev–Trinajstić information content (AvgIpc) is 2.72. The third kappa shape index (κ3) is 3.40. The van der Waals surface area contributed by atoms with Crippen molar-refractivity contribution in [2.45, 2.75) is 18.5 Å². The zero-order valence-electron chi connectivity index (χ0n) is 15.9. The van der Waals surface area contributed by atoms with Crippen molar-refractivity contribution in [2.75, 3.05) is 25.0 Å². The third-order valence-corrected chi connectivity index (χ3v) is 5.67. The van der Waals surface area contributed by atoms with E-state index in [1.807, 2.05) is 24.1 Å². The van der Waals surface area contributed by atoms with Crippen molar-refractivity contribution in [1.29, 1.82) is 5.26 Å². The number of rotatable bonds is 1. The van der Waals surface area contributed by atoms with E-state index in [1.165, 1.54) is 6.07 Å². The quantitative estimate of drug-likeness (QED) is 0.778. The van der Waals surface area contributed by atoms with Gasteiger partial charge in [0.1, 0.15) is 17.3 Å². The molecule has 1 spiro atoms. The fourth-order valence-corrected chi connectivity index (χ4v) is 4.01. The lowest BCUT2D eigenvalue weighted by atomic mass is 9.91. The van der Waals surface area contributed by atoms with Gasteiger partial charge in [-0.3, -0.25) is 4.79 Å². The highest BCUT2D eigenvalue weighted by Crippen LogP contribution is 2.39. The lowest BCUT2D eigenvalue weighted by Gasteiger charge is -2.48. The van der Waals surface area contributed by atoms with Gasteiger partial charge in [-0.25, -0.2) is 9.38 Å². The van der Waals surface area contributed by atoms with Gasteiger partial charge in [-0.2, -0.15) is 5.26 Å². The second kappa shape index (κ2) is 7.72. The number of hydrogen-bond acceptors (Lipinski definition) is 5. The minimum Gasteiger partial charge on any atom is -0.383 e. The third-order valence-electron chi connectivity index (χ3n) is 5.67. The number of nitrogens with two attached hydrogens (primary N) is 1. The van der Waals surface area contributed by atoms with E-state index in [0.717, 1.165) is 5.69 Å². The van der Waals surface area contributed by atoms with E-state index in [1.54, 1.807) is 35.2 Å². The normalized spacial score (nSPS) is 17.1. The summed E-state index contributed by atoms with van der Waals surface area (Å²) in [5.74, 6) is -0.242. The minimum atomic E-state index is -0.577. The zero-order valence-corrected chi connectivity index (χ0v) is 16.7. The Kier molecular flexibility index (Phi) is 5.49. The molecule has 1 amide bonds. The number of piperidine rings is 1. The molecule has 2 aromatic carbocycles. The highest BCUT2D eigenvalue weighted by Gasteiger charge is 2.43. The predicted molar refractivity (Wildman–Crippen MR) is 112 cm³/mol. The molecular formula is C21H21ClFN5O. The fraction of sp³-hybridized carbons (Fsp3) is 0.286. The second-order valence-electron chi connectivity index (χ2n) is 7.15. The second-order valence-corrected chi connectivity index (χ2v) is 7.15. The molecule has 1 saturated heterocycles. The molecule has 0 bridgehead atoms. The Morgan fingerprint density at radius 3 is 2.48 bits per heavy atom. The molecule has 2 heterocycles. The first-order valence-electron chi connectivity index (χ1n) is 9.13. The zero-order chi connectivity index (χ0) is 19.9. The number of amides is 1. The Bertz CT molecular complexity index is 1010. The van der Waals surface area contributed by atoms with Crippen LogP contribution in [0.25, 0.3) is 0 Å². The smallest absolute Gasteiger partial charge is 0.253 e.